The molecule has 1 aliphatic rings. The van der Waals surface area contributed by atoms with Crippen molar-refractivity contribution in [3.8, 4) is 0 Å². The third-order valence-electron chi connectivity index (χ3n) is 3.67. The third-order valence-corrected chi connectivity index (χ3v) is 4.22. The molecular formula is C14H17Cl2NO2. The second-order valence-corrected chi connectivity index (χ2v) is 5.80. The smallest absolute Gasteiger partial charge is 0.255 e. The Morgan fingerprint density at radius 3 is 2.63 bits per heavy atom. The minimum atomic E-state index is -0.450. The number of rotatable bonds is 2. The quantitative estimate of drug-likeness (QED) is 0.910. The second-order valence-electron chi connectivity index (χ2n) is 4.96. The first-order chi connectivity index (χ1) is 9.00. The summed E-state index contributed by atoms with van der Waals surface area (Å²) in [5.41, 5.74) is 0.423. The predicted octanol–water partition coefficient (Wildman–Crippen LogP) is 3.37. The summed E-state index contributed by atoms with van der Waals surface area (Å²) in [5.74, 6) is -0.174. The van der Waals surface area contributed by atoms with Gasteiger partial charge in [0.2, 0.25) is 0 Å². The second kappa shape index (κ2) is 6.12. The highest BCUT2D eigenvalue weighted by Gasteiger charge is 2.30. The Kier molecular flexibility index (Phi) is 4.71. The number of carbonyl (C=O) groups is 1. The van der Waals surface area contributed by atoms with Crippen LogP contribution in [-0.4, -0.2) is 35.1 Å². The molecule has 0 saturated heterocycles. The number of likely N-dealkylation sites (N-methyl/N-ethyl adjacent to an activating group) is 1. The molecule has 1 fully saturated rings. The Labute approximate surface area is 123 Å². The molecule has 0 aliphatic heterocycles. The van der Waals surface area contributed by atoms with Crippen LogP contribution in [0.25, 0.3) is 0 Å². The Bertz CT molecular complexity index is 479. The van der Waals surface area contributed by atoms with Gasteiger partial charge in [-0.1, -0.05) is 36.0 Å². The van der Waals surface area contributed by atoms with Crippen molar-refractivity contribution in [1.29, 1.82) is 0 Å². The summed E-state index contributed by atoms with van der Waals surface area (Å²) in [6.07, 6.45) is 3.18. The van der Waals surface area contributed by atoms with E-state index in [1.165, 1.54) is 0 Å². The number of hydrogen-bond acceptors (Lipinski definition) is 2. The maximum atomic E-state index is 12.4. The highest BCUT2D eigenvalue weighted by Crippen LogP contribution is 2.26. The van der Waals surface area contributed by atoms with Crippen LogP contribution in [0.4, 0.5) is 0 Å². The molecule has 2 atom stereocenters. The van der Waals surface area contributed by atoms with Gasteiger partial charge in [0.1, 0.15) is 0 Å². The van der Waals surface area contributed by atoms with Crippen molar-refractivity contribution < 1.29 is 9.90 Å². The molecule has 0 radical (unpaired) electrons. The molecule has 19 heavy (non-hydrogen) atoms. The lowest BCUT2D eigenvalue weighted by atomic mass is 9.91. The van der Waals surface area contributed by atoms with Crippen LogP contribution in [0.1, 0.15) is 36.0 Å². The zero-order valence-corrected chi connectivity index (χ0v) is 12.3. The van der Waals surface area contributed by atoms with Crippen molar-refractivity contribution in [3.63, 3.8) is 0 Å². The van der Waals surface area contributed by atoms with Crippen molar-refractivity contribution in [2.45, 2.75) is 37.8 Å². The topological polar surface area (TPSA) is 40.5 Å². The van der Waals surface area contributed by atoms with Crippen LogP contribution >= 0.6 is 23.2 Å². The van der Waals surface area contributed by atoms with E-state index < -0.39 is 6.10 Å². The van der Waals surface area contributed by atoms with E-state index >= 15 is 0 Å². The molecule has 2 rings (SSSR count). The molecule has 1 N–H and O–H groups in total. The molecule has 1 aromatic carbocycles. The summed E-state index contributed by atoms with van der Waals surface area (Å²) in [5, 5.41) is 10.8. The van der Waals surface area contributed by atoms with Crippen LogP contribution in [0, 0.1) is 0 Å². The Balaban J connectivity index is 2.18. The van der Waals surface area contributed by atoms with E-state index in [2.05, 4.69) is 0 Å². The maximum Gasteiger partial charge on any atom is 0.255 e. The lowest BCUT2D eigenvalue weighted by Gasteiger charge is -2.35. The summed E-state index contributed by atoms with van der Waals surface area (Å²) in [6.45, 7) is 0. The van der Waals surface area contributed by atoms with Gasteiger partial charge in [0.25, 0.3) is 5.91 Å². The number of carbonyl (C=O) groups excluding carboxylic acids is 1. The van der Waals surface area contributed by atoms with E-state index in [1.807, 2.05) is 0 Å². The fourth-order valence-corrected chi connectivity index (χ4v) is 3.04. The van der Waals surface area contributed by atoms with Gasteiger partial charge in [-0.05, 0) is 31.0 Å². The minimum Gasteiger partial charge on any atom is -0.391 e. The van der Waals surface area contributed by atoms with Gasteiger partial charge in [0.05, 0.1) is 22.7 Å². The summed E-state index contributed by atoms with van der Waals surface area (Å²) in [4.78, 5) is 14.0. The number of amides is 1. The van der Waals surface area contributed by atoms with Crippen LogP contribution in [0.5, 0.6) is 0 Å². The highest BCUT2D eigenvalue weighted by atomic mass is 35.5. The SMILES string of the molecule is CN(C(=O)c1ccc(Cl)cc1Cl)C1CCCCC1O. The van der Waals surface area contributed by atoms with Crippen LogP contribution < -0.4 is 0 Å². The summed E-state index contributed by atoms with van der Waals surface area (Å²) in [6, 6.07) is 4.69. The molecule has 1 saturated carbocycles. The Hall–Kier alpha value is -0.770. The van der Waals surface area contributed by atoms with Crippen molar-refractivity contribution in [2.75, 3.05) is 7.05 Å². The lowest BCUT2D eigenvalue weighted by Crippen LogP contribution is -2.46. The molecule has 0 heterocycles. The third kappa shape index (κ3) is 3.22. The first-order valence-corrected chi connectivity index (χ1v) is 7.16. The molecule has 0 aromatic heterocycles. The fraction of sp³-hybridized carbons (Fsp3) is 0.500. The molecule has 3 nitrogen and oxygen atoms in total. The number of halogens is 2. The first-order valence-electron chi connectivity index (χ1n) is 6.41. The zero-order chi connectivity index (χ0) is 14.0. The molecule has 0 spiro atoms. The molecule has 1 aliphatic carbocycles. The fourth-order valence-electron chi connectivity index (χ4n) is 2.55. The van der Waals surface area contributed by atoms with Crippen molar-refractivity contribution in [1.82, 2.24) is 4.90 Å². The van der Waals surface area contributed by atoms with Gasteiger partial charge < -0.3 is 10.0 Å². The van der Waals surface area contributed by atoms with Crippen molar-refractivity contribution in [2.24, 2.45) is 0 Å². The van der Waals surface area contributed by atoms with Gasteiger partial charge in [-0.3, -0.25) is 4.79 Å². The lowest BCUT2D eigenvalue weighted by molar-refractivity contribution is 0.0268. The van der Waals surface area contributed by atoms with Gasteiger partial charge in [-0.25, -0.2) is 0 Å². The monoisotopic (exact) mass is 301 g/mol. The van der Waals surface area contributed by atoms with Crippen molar-refractivity contribution in [3.05, 3.63) is 33.8 Å². The van der Waals surface area contributed by atoms with Crippen LogP contribution in [0.3, 0.4) is 0 Å². The van der Waals surface area contributed by atoms with E-state index in [0.29, 0.717) is 15.6 Å². The normalized spacial score (nSPS) is 23.2. The molecule has 1 aromatic rings. The minimum absolute atomic E-state index is 0.131. The summed E-state index contributed by atoms with van der Waals surface area (Å²) >= 11 is 11.9. The standard InChI is InChI=1S/C14H17Cl2NO2/c1-17(12-4-2-3-5-13(12)18)14(19)10-7-6-9(15)8-11(10)16/h6-8,12-13,18H,2-5H2,1H3. The number of nitrogens with zero attached hydrogens (tertiary/aromatic N) is 1. The average molecular weight is 302 g/mol. The molecule has 1 amide bonds. The van der Waals surface area contributed by atoms with E-state index in [0.717, 1.165) is 25.7 Å². The molecular weight excluding hydrogens is 285 g/mol. The van der Waals surface area contributed by atoms with E-state index in [1.54, 1.807) is 30.1 Å². The van der Waals surface area contributed by atoms with Gasteiger partial charge in [0.15, 0.2) is 0 Å². The zero-order valence-electron chi connectivity index (χ0n) is 10.8. The largest absolute Gasteiger partial charge is 0.391 e. The predicted molar refractivity (Wildman–Crippen MR) is 76.8 cm³/mol. The average Bonchev–Trinajstić information content (AvgIpc) is 2.38. The number of aliphatic hydroxyl groups is 1. The molecule has 0 bridgehead atoms. The molecule has 5 heteroatoms. The van der Waals surface area contributed by atoms with Gasteiger partial charge in [-0.15, -0.1) is 0 Å². The van der Waals surface area contributed by atoms with Gasteiger partial charge >= 0.3 is 0 Å². The summed E-state index contributed by atoms with van der Waals surface area (Å²) in [7, 11) is 1.71. The van der Waals surface area contributed by atoms with Crippen LogP contribution in [-0.2, 0) is 0 Å². The first kappa shape index (κ1) is 14.6. The molecule has 2 unspecified atom stereocenters. The highest BCUT2D eigenvalue weighted by molar-refractivity contribution is 6.36. The van der Waals surface area contributed by atoms with E-state index in [9.17, 15) is 9.90 Å². The van der Waals surface area contributed by atoms with Crippen LogP contribution in [0.15, 0.2) is 18.2 Å². The maximum absolute atomic E-state index is 12.4. The van der Waals surface area contributed by atoms with Crippen molar-refractivity contribution >= 4 is 29.1 Å². The number of benzene rings is 1. The number of aliphatic hydroxyl groups excluding tert-OH is 1. The summed E-state index contributed by atoms with van der Waals surface area (Å²) < 4.78 is 0. The van der Waals surface area contributed by atoms with E-state index in [-0.39, 0.29) is 11.9 Å². The van der Waals surface area contributed by atoms with Gasteiger partial charge in [0, 0.05) is 12.1 Å². The Morgan fingerprint density at radius 2 is 2.00 bits per heavy atom. The number of hydrogen-bond donors (Lipinski definition) is 1. The van der Waals surface area contributed by atoms with Crippen LogP contribution in [0.2, 0.25) is 10.0 Å². The Morgan fingerprint density at radius 1 is 1.32 bits per heavy atom. The van der Waals surface area contributed by atoms with E-state index in [4.69, 9.17) is 23.2 Å². The van der Waals surface area contributed by atoms with Gasteiger partial charge in [-0.2, -0.15) is 0 Å². The molecule has 104 valence electrons.